The molecule has 2 fully saturated rings. The molecule has 0 unspecified atom stereocenters. The summed E-state index contributed by atoms with van der Waals surface area (Å²) in [5, 5.41) is 5.84. The van der Waals surface area contributed by atoms with E-state index in [1.54, 1.807) is 18.2 Å². The van der Waals surface area contributed by atoms with Gasteiger partial charge in [0.2, 0.25) is 0 Å². The average Bonchev–Trinajstić information content (AvgIpc) is 2.97. The SMILES string of the molecule is O=C(Nc1ccccc1)c1cccc(CN2C(=O)NC3(CCCCCCC3)C2=O)c1. The minimum absolute atomic E-state index is 0.131. The molecule has 1 aliphatic carbocycles. The van der Waals surface area contributed by atoms with Gasteiger partial charge in [0, 0.05) is 11.3 Å². The number of carbonyl (C=O) groups excluding carboxylic acids is 3. The molecule has 0 aromatic heterocycles. The summed E-state index contributed by atoms with van der Waals surface area (Å²) in [7, 11) is 0. The van der Waals surface area contributed by atoms with Crippen LogP contribution < -0.4 is 10.6 Å². The van der Waals surface area contributed by atoms with Gasteiger partial charge in [0.25, 0.3) is 11.8 Å². The van der Waals surface area contributed by atoms with Crippen LogP contribution in [0.15, 0.2) is 54.6 Å². The molecule has 4 rings (SSSR count). The summed E-state index contributed by atoms with van der Waals surface area (Å²) in [4.78, 5) is 39.7. The molecule has 2 N–H and O–H groups in total. The number of benzene rings is 2. The third kappa shape index (κ3) is 4.22. The molecule has 6 nitrogen and oxygen atoms in total. The van der Waals surface area contributed by atoms with E-state index in [2.05, 4.69) is 10.6 Å². The molecule has 0 atom stereocenters. The zero-order valence-electron chi connectivity index (χ0n) is 17.0. The van der Waals surface area contributed by atoms with Crippen LogP contribution in [0.3, 0.4) is 0 Å². The van der Waals surface area contributed by atoms with Gasteiger partial charge >= 0.3 is 6.03 Å². The van der Waals surface area contributed by atoms with Crippen molar-refractivity contribution in [2.75, 3.05) is 5.32 Å². The van der Waals surface area contributed by atoms with Crippen LogP contribution in [0.25, 0.3) is 0 Å². The minimum atomic E-state index is -0.750. The Morgan fingerprint density at radius 3 is 2.37 bits per heavy atom. The maximum Gasteiger partial charge on any atom is 0.325 e. The normalized spacial score (nSPS) is 18.6. The van der Waals surface area contributed by atoms with Crippen LogP contribution in [0, 0.1) is 0 Å². The van der Waals surface area contributed by atoms with E-state index in [9.17, 15) is 14.4 Å². The van der Waals surface area contributed by atoms with Crippen LogP contribution in [0.2, 0.25) is 0 Å². The van der Waals surface area contributed by atoms with Crippen molar-refractivity contribution in [1.82, 2.24) is 10.2 Å². The molecular weight excluding hydrogens is 378 g/mol. The molecule has 30 heavy (non-hydrogen) atoms. The predicted octanol–water partition coefficient (Wildman–Crippen LogP) is 4.47. The number of nitrogens with one attached hydrogen (secondary N) is 2. The van der Waals surface area contributed by atoms with Gasteiger partial charge in [-0.15, -0.1) is 0 Å². The van der Waals surface area contributed by atoms with E-state index in [4.69, 9.17) is 0 Å². The molecular formula is C24H27N3O3. The molecule has 0 radical (unpaired) electrons. The predicted molar refractivity (Wildman–Crippen MR) is 115 cm³/mol. The summed E-state index contributed by atoms with van der Waals surface area (Å²) in [6.45, 7) is 0.166. The molecule has 2 aliphatic rings. The van der Waals surface area contributed by atoms with Crippen LogP contribution in [0.1, 0.15) is 60.9 Å². The van der Waals surface area contributed by atoms with Gasteiger partial charge in [-0.3, -0.25) is 14.5 Å². The molecule has 6 heteroatoms. The van der Waals surface area contributed by atoms with E-state index in [0.717, 1.165) is 31.2 Å². The molecule has 156 valence electrons. The van der Waals surface area contributed by atoms with Crippen molar-refractivity contribution in [3.05, 3.63) is 65.7 Å². The van der Waals surface area contributed by atoms with E-state index in [0.29, 0.717) is 24.1 Å². The third-order valence-corrected chi connectivity index (χ3v) is 6.01. The zero-order valence-corrected chi connectivity index (χ0v) is 17.0. The first kappa shape index (κ1) is 20.1. The molecule has 1 saturated heterocycles. The van der Waals surface area contributed by atoms with Gasteiger partial charge in [-0.1, -0.05) is 62.4 Å². The maximum absolute atomic E-state index is 13.2. The lowest BCUT2D eigenvalue weighted by molar-refractivity contribution is -0.132. The Bertz CT molecular complexity index is 934. The summed E-state index contributed by atoms with van der Waals surface area (Å²) in [6, 6.07) is 16.0. The summed E-state index contributed by atoms with van der Waals surface area (Å²) >= 11 is 0. The first-order chi connectivity index (χ1) is 14.6. The number of hydrogen-bond donors (Lipinski definition) is 2. The fourth-order valence-electron chi connectivity index (χ4n) is 4.39. The first-order valence-corrected chi connectivity index (χ1v) is 10.7. The van der Waals surface area contributed by atoms with Gasteiger partial charge in [-0.25, -0.2) is 4.79 Å². The number of nitrogens with zero attached hydrogens (tertiary/aromatic N) is 1. The van der Waals surface area contributed by atoms with Crippen molar-refractivity contribution >= 4 is 23.5 Å². The number of hydrogen-bond acceptors (Lipinski definition) is 3. The largest absolute Gasteiger partial charge is 0.325 e. The second-order valence-corrected chi connectivity index (χ2v) is 8.19. The average molecular weight is 405 g/mol. The van der Waals surface area contributed by atoms with E-state index >= 15 is 0 Å². The Kier molecular flexibility index (Phi) is 5.84. The smallest absolute Gasteiger partial charge is 0.323 e. The van der Waals surface area contributed by atoms with Gasteiger partial charge in [0.05, 0.1) is 6.54 Å². The molecule has 1 spiro atoms. The highest BCUT2D eigenvalue weighted by Crippen LogP contribution is 2.32. The first-order valence-electron chi connectivity index (χ1n) is 10.7. The number of anilines is 1. The lowest BCUT2D eigenvalue weighted by atomic mass is 9.84. The highest BCUT2D eigenvalue weighted by Gasteiger charge is 2.50. The Labute approximate surface area is 176 Å². The quantitative estimate of drug-likeness (QED) is 0.737. The summed E-state index contributed by atoms with van der Waals surface area (Å²) in [5.74, 6) is -0.356. The monoisotopic (exact) mass is 405 g/mol. The molecule has 1 saturated carbocycles. The molecule has 0 bridgehead atoms. The highest BCUT2D eigenvalue weighted by atomic mass is 16.2. The maximum atomic E-state index is 13.2. The van der Waals surface area contributed by atoms with Crippen LogP contribution in [-0.2, 0) is 11.3 Å². The molecule has 1 aliphatic heterocycles. The fraction of sp³-hybridized carbons (Fsp3) is 0.375. The summed E-state index contributed by atoms with van der Waals surface area (Å²) in [6.07, 6.45) is 6.71. The Balaban J connectivity index is 1.47. The second-order valence-electron chi connectivity index (χ2n) is 8.19. The minimum Gasteiger partial charge on any atom is -0.323 e. The summed E-state index contributed by atoms with van der Waals surface area (Å²) < 4.78 is 0. The van der Waals surface area contributed by atoms with Crippen LogP contribution >= 0.6 is 0 Å². The number of rotatable bonds is 4. The van der Waals surface area contributed by atoms with Gasteiger partial charge < -0.3 is 10.6 Å². The van der Waals surface area contributed by atoms with E-state index in [-0.39, 0.29) is 24.4 Å². The Morgan fingerprint density at radius 2 is 1.63 bits per heavy atom. The molecule has 2 aromatic carbocycles. The number of amides is 4. The third-order valence-electron chi connectivity index (χ3n) is 6.01. The second kappa shape index (κ2) is 8.69. The van der Waals surface area contributed by atoms with Crippen molar-refractivity contribution in [1.29, 1.82) is 0 Å². The van der Waals surface area contributed by atoms with Crippen LogP contribution in [0.5, 0.6) is 0 Å². The standard InChI is InChI=1S/C24H27N3O3/c28-21(25-20-12-5-4-6-13-20)19-11-9-10-18(16-19)17-27-22(29)24(26-23(27)30)14-7-2-1-3-8-15-24/h4-6,9-13,16H,1-3,7-8,14-15,17H2,(H,25,28)(H,26,30). The molecule has 4 amide bonds. The van der Waals surface area contributed by atoms with Crippen molar-refractivity contribution in [3.63, 3.8) is 0 Å². The van der Waals surface area contributed by atoms with E-state index < -0.39 is 5.54 Å². The van der Waals surface area contributed by atoms with Crippen LogP contribution in [0.4, 0.5) is 10.5 Å². The van der Waals surface area contributed by atoms with Crippen molar-refractivity contribution in [2.45, 2.75) is 57.0 Å². The zero-order chi connectivity index (χ0) is 21.0. The highest BCUT2D eigenvalue weighted by molar-refractivity contribution is 6.07. The fourth-order valence-corrected chi connectivity index (χ4v) is 4.39. The van der Waals surface area contributed by atoms with Gasteiger partial charge in [0.1, 0.15) is 5.54 Å². The number of imide groups is 1. The molecule has 2 aromatic rings. The van der Waals surface area contributed by atoms with Gasteiger partial charge in [-0.05, 0) is 42.7 Å². The Morgan fingerprint density at radius 1 is 0.933 bits per heavy atom. The number of para-hydroxylation sites is 1. The van der Waals surface area contributed by atoms with Gasteiger partial charge in [0.15, 0.2) is 0 Å². The van der Waals surface area contributed by atoms with Crippen LogP contribution in [-0.4, -0.2) is 28.3 Å². The van der Waals surface area contributed by atoms with E-state index in [1.807, 2.05) is 36.4 Å². The number of carbonyl (C=O) groups is 3. The number of urea groups is 1. The van der Waals surface area contributed by atoms with E-state index in [1.165, 1.54) is 11.3 Å². The van der Waals surface area contributed by atoms with Gasteiger partial charge in [-0.2, -0.15) is 0 Å². The molecule has 1 heterocycles. The van der Waals surface area contributed by atoms with Crippen molar-refractivity contribution in [3.8, 4) is 0 Å². The lowest BCUT2D eigenvalue weighted by Gasteiger charge is -2.28. The lowest BCUT2D eigenvalue weighted by Crippen LogP contribution is -2.47. The van der Waals surface area contributed by atoms with Crippen molar-refractivity contribution < 1.29 is 14.4 Å². The van der Waals surface area contributed by atoms with Crippen molar-refractivity contribution in [2.24, 2.45) is 0 Å². The summed E-state index contributed by atoms with van der Waals surface area (Å²) in [5.41, 5.74) is 1.21. The topological polar surface area (TPSA) is 78.5 Å². The Hall–Kier alpha value is -3.15.